The van der Waals surface area contributed by atoms with Crippen molar-refractivity contribution in [1.82, 2.24) is 15.1 Å². The molecule has 2 aromatic rings. The van der Waals surface area contributed by atoms with E-state index < -0.39 is 0 Å². The number of rotatable bonds is 6. The van der Waals surface area contributed by atoms with E-state index in [0.717, 1.165) is 11.3 Å². The van der Waals surface area contributed by atoms with Gasteiger partial charge in [-0.25, -0.2) is 0 Å². The Morgan fingerprint density at radius 2 is 2.26 bits per heavy atom. The van der Waals surface area contributed by atoms with E-state index in [-0.39, 0.29) is 5.91 Å². The van der Waals surface area contributed by atoms with Crippen LogP contribution in [0.25, 0.3) is 0 Å². The number of anilines is 1. The molecule has 5 nitrogen and oxygen atoms in total. The monoisotopic (exact) mass is 258 g/mol. The summed E-state index contributed by atoms with van der Waals surface area (Å²) in [5.41, 5.74) is 7.51. The van der Waals surface area contributed by atoms with Crippen LogP contribution in [0.15, 0.2) is 42.7 Å². The van der Waals surface area contributed by atoms with Gasteiger partial charge in [0.25, 0.3) is 0 Å². The molecule has 0 radical (unpaired) electrons. The first-order valence-corrected chi connectivity index (χ1v) is 6.32. The smallest absolute Gasteiger partial charge is 0.220 e. The molecule has 0 aliphatic rings. The third-order valence-electron chi connectivity index (χ3n) is 2.81. The minimum atomic E-state index is 0.0505. The predicted octanol–water partition coefficient (Wildman–Crippen LogP) is 1.21. The van der Waals surface area contributed by atoms with E-state index >= 15 is 0 Å². The van der Waals surface area contributed by atoms with Crippen LogP contribution in [0.2, 0.25) is 0 Å². The minimum absolute atomic E-state index is 0.0505. The summed E-state index contributed by atoms with van der Waals surface area (Å²) >= 11 is 0. The third kappa shape index (κ3) is 4.46. The predicted molar refractivity (Wildman–Crippen MR) is 74.4 cm³/mol. The number of benzene rings is 1. The molecule has 0 fully saturated rings. The number of nitrogens with one attached hydrogen (secondary N) is 1. The van der Waals surface area contributed by atoms with Gasteiger partial charge in [0.15, 0.2) is 0 Å². The van der Waals surface area contributed by atoms with Crippen LogP contribution in [0.3, 0.4) is 0 Å². The van der Waals surface area contributed by atoms with E-state index in [0.29, 0.717) is 25.9 Å². The molecule has 1 heterocycles. The first kappa shape index (κ1) is 13.1. The molecule has 0 saturated carbocycles. The van der Waals surface area contributed by atoms with Crippen LogP contribution in [-0.2, 0) is 17.8 Å². The molecule has 0 atom stereocenters. The summed E-state index contributed by atoms with van der Waals surface area (Å²) in [5.74, 6) is 0.0505. The highest BCUT2D eigenvalue weighted by atomic mass is 16.1. The molecule has 19 heavy (non-hydrogen) atoms. The van der Waals surface area contributed by atoms with E-state index in [2.05, 4.69) is 10.4 Å². The quantitative estimate of drug-likeness (QED) is 0.765. The Bertz CT molecular complexity index is 522. The Kier molecular flexibility index (Phi) is 4.55. The van der Waals surface area contributed by atoms with E-state index in [1.54, 1.807) is 10.9 Å². The highest BCUT2D eigenvalue weighted by molar-refractivity contribution is 5.76. The summed E-state index contributed by atoms with van der Waals surface area (Å²) in [4.78, 5) is 11.7. The summed E-state index contributed by atoms with van der Waals surface area (Å²) in [6, 6.07) is 9.49. The number of carbonyl (C=O) groups is 1. The second-order valence-electron chi connectivity index (χ2n) is 4.36. The molecule has 0 aliphatic heterocycles. The van der Waals surface area contributed by atoms with Crippen molar-refractivity contribution in [3.8, 4) is 0 Å². The zero-order valence-electron chi connectivity index (χ0n) is 10.7. The number of amides is 1. The number of aromatic nitrogens is 2. The zero-order valence-corrected chi connectivity index (χ0v) is 10.7. The molecule has 5 heteroatoms. The van der Waals surface area contributed by atoms with Gasteiger partial charge in [0.2, 0.25) is 5.91 Å². The molecule has 1 aromatic carbocycles. The van der Waals surface area contributed by atoms with Crippen molar-refractivity contribution in [2.45, 2.75) is 19.4 Å². The highest BCUT2D eigenvalue weighted by Gasteiger charge is 2.02. The van der Waals surface area contributed by atoms with Gasteiger partial charge in [-0.3, -0.25) is 9.48 Å². The van der Waals surface area contributed by atoms with Gasteiger partial charge in [0, 0.05) is 31.0 Å². The second kappa shape index (κ2) is 6.58. The van der Waals surface area contributed by atoms with Crippen LogP contribution in [0.1, 0.15) is 12.0 Å². The number of carbonyl (C=O) groups excluding carboxylic acids is 1. The SMILES string of the molecule is Nc1cccc(CCC(=O)NCCn2cccn2)c1. The second-order valence-corrected chi connectivity index (χ2v) is 4.36. The molecule has 0 unspecified atom stereocenters. The molecule has 1 amide bonds. The minimum Gasteiger partial charge on any atom is -0.399 e. The van der Waals surface area contributed by atoms with Gasteiger partial charge in [0.1, 0.15) is 0 Å². The average molecular weight is 258 g/mol. The maximum atomic E-state index is 11.7. The van der Waals surface area contributed by atoms with Crippen LogP contribution < -0.4 is 11.1 Å². The lowest BCUT2D eigenvalue weighted by Gasteiger charge is -2.06. The topological polar surface area (TPSA) is 72.9 Å². The van der Waals surface area contributed by atoms with Crippen LogP contribution in [0.4, 0.5) is 5.69 Å². The maximum Gasteiger partial charge on any atom is 0.220 e. The van der Waals surface area contributed by atoms with Crippen LogP contribution in [0, 0.1) is 0 Å². The fraction of sp³-hybridized carbons (Fsp3) is 0.286. The first-order valence-electron chi connectivity index (χ1n) is 6.32. The van der Waals surface area contributed by atoms with Gasteiger partial charge in [-0.2, -0.15) is 5.10 Å². The molecule has 100 valence electrons. The summed E-state index contributed by atoms with van der Waals surface area (Å²) in [7, 11) is 0. The Labute approximate surface area is 112 Å². The fourth-order valence-corrected chi connectivity index (χ4v) is 1.84. The van der Waals surface area contributed by atoms with Gasteiger partial charge >= 0.3 is 0 Å². The largest absolute Gasteiger partial charge is 0.399 e. The zero-order chi connectivity index (χ0) is 13.5. The van der Waals surface area contributed by atoms with Crippen LogP contribution >= 0.6 is 0 Å². The number of nitrogen functional groups attached to an aromatic ring is 1. The number of aryl methyl sites for hydroxylation is 1. The van der Waals surface area contributed by atoms with Crippen molar-refractivity contribution in [3.05, 3.63) is 48.3 Å². The molecular formula is C14H18N4O. The Morgan fingerprint density at radius 3 is 3.00 bits per heavy atom. The Morgan fingerprint density at radius 1 is 1.37 bits per heavy atom. The van der Waals surface area contributed by atoms with Gasteiger partial charge in [-0.05, 0) is 30.2 Å². The number of nitrogens with zero attached hydrogens (tertiary/aromatic N) is 2. The van der Waals surface area contributed by atoms with Crippen molar-refractivity contribution >= 4 is 11.6 Å². The first-order chi connectivity index (χ1) is 9.24. The van der Waals surface area contributed by atoms with Crippen LogP contribution in [-0.4, -0.2) is 22.2 Å². The Balaban J connectivity index is 1.67. The molecule has 0 aliphatic carbocycles. The number of hydrogen-bond acceptors (Lipinski definition) is 3. The lowest BCUT2D eigenvalue weighted by molar-refractivity contribution is -0.121. The van der Waals surface area contributed by atoms with Gasteiger partial charge in [-0.1, -0.05) is 12.1 Å². The summed E-state index contributed by atoms with van der Waals surface area (Å²) in [5, 5.41) is 6.94. The van der Waals surface area contributed by atoms with E-state index in [9.17, 15) is 4.79 Å². The molecule has 0 saturated heterocycles. The molecular weight excluding hydrogens is 240 g/mol. The van der Waals surface area contributed by atoms with Crippen molar-refractivity contribution in [2.24, 2.45) is 0 Å². The molecule has 2 rings (SSSR count). The lowest BCUT2D eigenvalue weighted by atomic mass is 10.1. The maximum absolute atomic E-state index is 11.7. The normalized spacial score (nSPS) is 10.3. The lowest BCUT2D eigenvalue weighted by Crippen LogP contribution is -2.27. The van der Waals surface area contributed by atoms with Crippen molar-refractivity contribution in [2.75, 3.05) is 12.3 Å². The fourth-order valence-electron chi connectivity index (χ4n) is 1.84. The summed E-state index contributed by atoms with van der Waals surface area (Å²) < 4.78 is 1.79. The van der Waals surface area contributed by atoms with Crippen molar-refractivity contribution < 1.29 is 4.79 Å². The number of nitrogens with two attached hydrogens (primary N) is 1. The van der Waals surface area contributed by atoms with Gasteiger partial charge in [-0.15, -0.1) is 0 Å². The standard InChI is InChI=1S/C14H18N4O/c15-13-4-1-3-12(11-13)5-6-14(19)16-8-10-18-9-2-7-17-18/h1-4,7,9,11H,5-6,8,10,15H2,(H,16,19). The van der Waals surface area contributed by atoms with E-state index in [1.807, 2.05) is 36.5 Å². The van der Waals surface area contributed by atoms with E-state index in [1.165, 1.54) is 0 Å². The Hall–Kier alpha value is -2.30. The van der Waals surface area contributed by atoms with Gasteiger partial charge in [0.05, 0.1) is 6.54 Å². The van der Waals surface area contributed by atoms with Crippen molar-refractivity contribution in [3.63, 3.8) is 0 Å². The van der Waals surface area contributed by atoms with Gasteiger partial charge < -0.3 is 11.1 Å². The summed E-state index contributed by atoms with van der Waals surface area (Å²) in [6.45, 7) is 1.29. The number of hydrogen-bond donors (Lipinski definition) is 2. The molecule has 1 aromatic heterocycles. The van der Waals surface area contributed by atoms with Crippen molar-refractivity contribution in [1.29, 1.82) is 0 Å². The summed E-state index contributed by atoms with van der Waals surface area (Å²) in [6.07, 6.45) is 4.78. The molecule has 0 spiro atoms. The molecule has 0 bridgehead atoms. The van der Waals surface area contributed by atoms with Crippen LogP contribution in [0.5, 0.6) is 0 Å². The highest BCUT2D eigenvalue weighted by Crippen LogP contribution is 2.08. The third-order valence-corrected chi connectivity index (χ3v) is 2.81. The molecule has 3 N–H and O–H groups in total. The van der Waals surface area contributed by atoms with E-state index in [4.69, 9.17) is 5.73 Å². The average Bonchev–Trinajstić information content (AvgIpc) is 2.90.